The van der Waals surface area contributed by atoms with Gasteiger partial charge in [0.15, 0.2) is 16.0 Å². The molecule has 0 aromatic carbocycles. The number of nitrogens with zero attached hydrogens (tertiary/aromatic N) is 2. The molecule has 0 aliphatic carbocycles. The number of nitrogens with one attached hydrogen (secondary N) is 3. The normalized spacial score (nSPS) is 14.3. The second kappa shape index (κ2) is 11.4. The molecule has 0 spiro atoms. The van der Waals surface area contributed by atoms with Crippen molar-refractivity contribution in [2.24, 2.45) is 5.41 Å². The molecule has 0 radical (unpaired) electrons. The predicted octanol–water partition coefficient (Wildman–Crippen LogP) is 4.22. The molecule has 3 atom stereocenters. The summed E-state index contributed by atoms with van der Waals surface area (Å²) in [4.78, 5) is 47.5. The van der Waals surface area contributed by atoms with Crippen molar-refractivity contribution in [2.75, 3.05) is 10.6 Å². The van der Waals surface area contributed by atoms with Crippen molar-refractivity contribution in [1.82, 2.24) is 15.3 Å². The molecule has 3 unspecified atom stereocenters. The van der Waals surface area contributed by atoms with Gasteiger partial charge in [0.1, 0.15) is 12.1 Å². The molecule has 2 rings (SSSR count). The van der Waals surface area contributed by atoms with Gasteiger partial charge in [0.25, 0.3) is 0 Å². The van der Waals surface area contributed by atoms with Gasteiger partial charge in [-0.05, 0) is 32.6 Å². The molecule has 2 heterocycles. The van der Waals surface area contributed by atoms with Crippen LogP contribution in [0.5, 0.6) is 0 Å². The van der Waals surface area contributed by atoms with E-state index >= 15 is 0 Å². The molecule has 0 saturated carbocycles. The smallest absolute Gasteiger partial charge is 0.250 e. The Hall–Kier alpha value is -2.37. The number of anilines is 2. The van der Waals surface area contributed by atoms with Crippen LogP contribution in [0, 0.1) is 19.3 Å². The molecule has 9 nitrogen and oxygen atoms in total. The third-order valence-corrected chi connectivity index (χ3v) is 7.64. The average molecular weight is 510 g/mol. The summed E-state index contributed by atoms with van der Waals surface area (Å²) in [6.07, 6.45) is -0.105. The number of hydrogen-bond donors (Lipinski definition) is 4. The highest BCUT2D eigenvalue weighted by Gasteiger charge is 2.32. The summed E-state index contributed by atoms with van der Waals surface area (Å²) in [5, 5.41) is 20.1. The van der Waals surface area contributed by atoms with E-state index in [9.17, 15) is 19.5 Å². The van der Waals surface area contributed by atoms with Crippen molar-refractivity contribution in [3.05, 3.63) is 21.1 Å². The molecule has 0 bridgehead atoms. The fourth-order valence-corrected chi connectivity index (χ4v) is 5.21. The number of amides is 2. The number of carbonyl (C=O) groups excluding carboxylic acids is 3. The van der Waals surface area contributed by atoms with Crippen LogP contribution in [0.4, 0.5) is 10.3 Å². The van der Waals surface area contributed by atoms with Gasteiger partial charge in [-0.1, -0.05) is 56.8 Å². The van der Waals surface area contributed by atoms with E-state index in [1.54, 1.807) is 27.7 Å². The van der Waals surface area contributed by atoms with Gasteiger partial charge < -0.3 is 21.1 Å². The Bertz CT molecular complexity index is 1040. The summed E-state index contributed by atoms with van der Waals surface area (Å²) in [5.41, 5.74) is 0.824. The fraction of sp³-hybridized carbons (Fsp3) is 0.609. The van der Waals surface area contributed by atoms with E-state index in [4.69, 9.17) is 0 Å². The first-order chi connectivity index (χ1) is 15.7. The van der Waals surface area contributed by atoms with Crippen molar-refractivity contribution in [1.29, 1.82) is 0 Å². The zero-order chi connectivity index (χ0) is 25.8. The SMILES string of the molecule is CCCC(NC(=O)C(O)C(C)(C)C)C(=O)Nc1nc(C)c(C(C)Nc2nc(C)c(C(C)=O)s2)s1. The highest BCUT2D eigenvalue weighted by molar-refractivity contribution is 7.17. The van der Waals surface area contributed by atoms with Crippen LogP contribution in [0.2, 0.25) is 0 Å². The molecule has 34 heavy (non-hydrogen) atoms. The van der Waals surface area contributed by atoms with E-state index in [1.807, 2.05) is 20.8 Å². The van der Waals surface area contributed by atoms with Crippen LogP contribution in [0.3, 0.4) is 0 Å². The van der Waals surface area contributed by atoms with E-state index in [2.05, 4.69) is 25.9 Å². The topological polar surface area (TPSA) is 133 Å². The largest absolute Gasteiger partial charge is 0.383 e. The summed E-state index contributed by atoms with van der Waals surface area (Å²) >= 11 is 2.65. The second-order valence-electron chi connectivity index (χ2n) is 9.43. The van der Waals surface area contributed by atoms with Crippen LogP contribution in [0.25, 0.3) is 0 Å². The van der Waals surface area contributed by atoms with E-state index < -0.39 is 23.5 Å². The lowest BCUT2D eigenvalue weighted by Crippen LogP contribution is -2.50. The molecular weight excluding hydrogens is 474 g/mol. The first kappa shape index (κ1) is 27.9. The fourth-order valence-electron chi connectivity index (χ4n) is 3.29. The predicted molar refractivity (Wildman–Crippen MR) is 137 cm³/mol. The number of aliphatic hydroxyl groups is 1. The first-order valence-corrected chi connectivity index (χ1v) is 12.9. The Labute approximate surface area is 208 Å². The minimum Gasteiger partial charge on any atom is -0.383 e. The van der Waals surface area contributed by atoms with Crippen molar-refractivity contribution in [3.8, 4) is 0 Å². The summed E-state index contributed by atoms with van der Waals surface area (Å²) in [6.45, 7) is 14.3. The summed E-state index contributed by atoms with van der Waals surface area (Å²) in [7, 11) is 0. The first-order valence-electron chi connectivity index (χ1n) is 11.3. The molecule has 0 fully saturated rings. The Morgan fingerprint density at radius 2 is 1.65 bits per heavy atom. The molecule has 2 amide bonds. The summed E-state index contributed by atoms with van der Waals surface area (Å²) in [6, 6.07) is -0.914. The van der Waals surface area contributed by atoms with E-state index in [0.29, 0.717) is 33.7 Å². The van der Waals surface area contributed by atoms with Gasteiger partial charge in [0.05, 0.1) is 27.2 Å². The molecule has 0 aliphatic heterocycles. The number of aromatic nitrogens is 2. The number of rotatable bonds is 10. The maximum Gasteiger partial charge on any atom is 0.250 e. The quantitative estimate of drug-likeness (QED) is 0.352. The van der Waals surface area contributed by atoms with Gasteiger partial charge in [-0.15, -0.1) is 0 Å². The van der Waals surface area contributed by atoms with Crippen LogP contribution in [-0.2, 0) is 9.59 Å². The van der Waals surface area contributed by atoms with Gasteiger partial charge >= 0.3 is 0 Å². The van der Waals surface area contributed by atoms with Gasteiger partial charge in [0, 0.05) is 6.92 Å². The number of aliphatic hydroxyl groups excluding tert-OH is 1. The Morgan fingerprint density at radius 1 is 1.03 bits per heavy atom. The van der Waals surface area contributed by atoms with Gasteiger partial charge in [-0.2, -0.15) is 0 Å². The number of carbonyl (C=O) groups is 3. The summed E-state index contributed by atoms with van der Waals surface area (Å²) < 4.78 is 0. The molecular formula is C23H35N5O4S2. The molecule has 2 aromatic rings. The number of Topliss-reactive ketones (excluding diaryl/α,β-unsaturated/α-hetero) is 1. The van der Waals surface area contributed by atoms with Gasteiger partial charge in [-0.25, -0.2) is 9.97 Å². The van der Waals surface area contributed by atoms with Crippen molar-refractivity contribution in [2.45, 2.75) is 86.4 Å². The third-order valence-electron chi connectivity index (χ3n) is 5.19. The molecule has 4 N–H and O–H groups in total. The minimum atomic E-state index is -1.22. The number of thiazole rings is 2. The lowest BCUT2D eigenvalue weighted by molar-refractivity contribution is -0.137. The standard InChI is InChI=1S/C23H35N5O4S2/c1-9-10-15(27-20(32)18(30)23(6,7)8)19(31)28-22-25-12(3)16(33-22)11(2)24-21-26-13(4)17(34-21)14(5)29/h11,15,18,30H,9-10H2,1-8H3,(H,24,26)(H,27,32)(H,25,28,31). The Kier molecular flexibility index (Phi) is 9.32. The summed E-state index contributed by atoms with van der Waals surface area (Å²) in [5.74, 6) is -0.962. The lowest BCUT2D eigenvalue weighted by atomic mass is 9.88. The van der Waals surface area contributed by atoms with Crippen molar-refractivity contribution >= 4 is 50.5 Å². The maximum absolute atomic E-state index is 12.9. The van der Waals surface area contributed by atoms with Crippen LogP contribution >= 0.6 is 22.7 Å². The zero-order valence-corrected chi connectivity index (χ0v) is 22.7. The van der Waals surface area contributed by atoms with Gasteiger partial charge in [0.2, 0.25) is 11.8 Å². The third kappa shape index (κ3) is 7.07. The molecule has 2 aromatic heterocycles. The molecule has 11 heteroatoms. The van der Waals surface area contributed by atoms with Crippen LogP contribution < -0.4 is 16.0 Å². The number of hydrogen-bond acceptors (Lipinski definition) is 9. The molecule has 0 aliphatic rings. The Morgan fingerprint density at radius 3 is 2.18 bits per heavy atom. The highest BCUT2D eigenvalue weighted by Crippen LogP contribution is 2.32. The highest BCUT2D eigenvalue weighted by atomic mass is 32.1. The van der Waals surface area contributed by atoms with Crippen molar-refractivity contribution in [3.63, 3.8) is 0 Å². The number of ketones is 1. The van der Waals surface area contributed by atoms with E-state index in [0.717, 1.165) is 10.6 Å². The Balaban J connectivity index is 2.10. The van der Waals surface area contributed by atoms with Crippen LogP contribution in [0.1, 0.15) is 86.4 Å². The monoisotopic (exact) mass is 509 g/mol. The van der Waals surface area contributed by atoms with Crippen LogP contribution in [0.15, 0.2) is 0 Å². The van der Waals surface area contributed by atoms with E-state index in [-0.39, 0.29) is 17.7 Å². The van der Waals surface area contributed by atoms with Crippen LogP contribution in [-0.4, -0.2) is 44.8 Å². The second-order valence-corrected chi connectivity index (χ2v) is 11.5. The molecule has 188 valence electrons. The van der Waals surface area contributed by atoms with E-state index in [1.165, 1.54) is 29.6 Å². The average Bonchev–Trinajstić information content (AvgIpc) is 3.27. The number of aryl methyl sites for hydroxylation is 2. The lowest BCUT2D eigenvalue weighted by Gasteiger charge is -2.26. The maximum atomic E-state index is 12.9. The minimum absolute atomic E-state index is 0.0154. The zero-order valence-electron chi connectivity index (χ0n) is 21.0. The van der Waals surface area contributed by atoms with Gasteiger partial charge in [-0.3, -0.25) is 14.4 Å². The molecule has 0 saturated heterocycles. The van der Waals surface area contributed by atoms with Crippen molar-refractivity contribution < 1.29 is 19.5 Å².